The molecule has 0 saturated heterocycles. The highest BCUT2D eigenvalue weighted by Crippen LogP contribution is 2.22. The smallest absolute Gasteiger partial charge is 0.127 e. The van der Waals surface area contributed by atoms with Gasteiger partial charge in [0.15, 0.2) is 0 Å². The lowest BCUT2D eigenvalue weighted by Crippen LogP contribution is -2.00. The van der Waals surface area contributed by atoms with Crippen LogP contribution in [0.15, 0.2) is 24.5 Å². The number of nitrogens with zero attached hydrogens (tertiary/aromatic N) is 1. The molecular formula is C11H12FN3. The third-order valence-electron chi connectivity index (χ3n) is 2.37. The SMILES string of the molecule is Cc1[nH]cnc1-c1ccc(F)c(CN)c1. The van der Waals surface area contributed by atoms with Crippen LogP contribution < -0.4 is 5.73 Å². The number of rotatable bonds is 2. The van der Waals surface area contributed by atoms with Crippen LogP contribution in [0.5, 0.6) is 0 Å². The Balaban J connectivity index is 2.51. The van der Waals surface area contributed by atoms with Crippen LogP contribution >= 0.6 is 0 Å². The fourth-order valence-corrected chi connectivity index (χ4v) is 1.53. The molecule has 4 heteroatoms. The van der Waals surface area contributed by atoms with Gasteiger partial charge in [0.25, 0.3) is 0 Å². The molecule has 0 atom stereocenters. The molecule has 1 heterocycles. The van der Waals surface area contributed by atoms with E-state index >= 15 is 0 Å². The van der Waals surface area contributed by atoms with E-state index in [9.17, 15) is 4.39 Å². The van der Waals surface area contributed by atoms with E-state index in [-0.39, 0.29) is 12.4 Å². The van der Waals surface area contributed by atoms with Gasteiger partial charge in [-0.15, -0.1) is 0 Å². The van der Waals surface area contributed by atoms with Crippen LogP contribution in [0.25, 0.3) is 11.3 Å². The largest absolute Gasteiger partial charge is 0.348 e. The molecule has 3 nitrogen and oxygen atoms in total. The van der Waals surface area contributed by atoms with Gasteiger partial charge in [-0.1, -0.05) is 0 Å². The Hall–Kier alpha value is -1.68. The number of nitrogens with one attached hydrogen (secondary N) is 1. The molecule has 1 aromatic heterocycles. The molecule has 78 valence electrons. The first-order valence-corrected chi connectivity index (χ1v) is 4.71. The number of aryl methyl sites for hydroxylation is 1. The molecule has 0 amide bonds. The van der Waals surface area contributed by atoms with Gasteiger partial charge in [0, 0.05) is 23.4 Å². The lowest BCUT2D eigenvalue weighted by atomic mass is 10.1. The van der Waals surface area contributed by atoms with Gasteiger partial charge in [0.2, 0.25) is 0 Å². The first-order valence-electron chi connectivity index (χ1n) is 4.71. The van der Waals surface area contributed by atoms with E-state index in [1.165, 1.54) is 6.07 Å². The predicted molar refractivity (Wildman–Crippen MR) is 56.6 cm³/mol. The summed E-state index contributed by atoms with van der Waals surface area (Å²) in [5.74, 6) is -0.269. The molecule has 0 aliphatic heterocycles. The Morgan fingerprint density at radius 2 is 2.27 bits per heavy atom. The summed E-state index contributed by atoms with van der Waals surface area (Å²) < 4.78 is 13.2. The number of halogens is 1. The molecule has 0 aliphatic rings. The van der Waals surface area contributed by atoms with Crippen molar-refractivity contribution in [2.45, 2.75) is 13.5 Å². The number of nitrogens with two attached hydrogens (primary N) is 1. The van der Waals surface area contributed by atoms with Crippen LogP contribution in [0.3, 0.4) is 0 Å². The molecule has 0 radical (unpaired) electrons. The maximum atomic E-state index is 13.2. The number of hydrogen-bond acceptors (Lipinski definition) is 2. The predicted octanol–water partition coefficient (Wildman–Crippen LogP) is 1.98. The van der Waals surface area contributed by atoms with E-state index in [4.69, 9.17) is 5.73 Å². The summed E-state index contributed by atoms with van der Waals surface area (Å²) in [4.78, 5) is 7.16. The lowest BCUT2D eigenvalue weighted by molar-refractivity contribution is 0.611. The molecule has 1 aromatic carbocycles. The maximum absolute atomic E-state index is 13.2. The number of aromatic nitrogens is 2. The van der Waals surface area contributed by atoms with Crippen LogP contribution in [-0.2, 0) is 6.54 Å². The van der Waals surface area contributed by atoms with E-state index in [0.29, 0.717) is 5.56 Å². The zero-order valence-corrected chi connectivity index (χ0v) is 8.42. The van der Waals surface area contributed by atoms with Crippen molar-refractivity contribution in [1.29, 1.82) is 0 Å². The molecule has 0 saturated carbocycles. The van der Waals surface area contributed by atoms with Gasteiger partial charge in [0.05, 0.1) is 12.0 Å². The van der Waals surface area contributed by atoms with Gasteiger partial charge >= 0.3 is 0 Å². The summed E-state index contributed by atoms with van der Waals surface area (Å²) in [6.45, 7) is 2.12. The average Bonchev–Trinajstić information content (AvgIpc) is 2.65. The van der Waals surface area contributed by atoms with Crippen molar-refractivity contribution >= 4 is 0 Å². The second-order valence-electron chi connectivity index (χ2n) is 3.39. The van der Waals surface area contributed by atoms with Gasteiger partial charge < -0.3 is 10.7 Å². The fraction of sp³-hybridized carbons (Fsp3) is 0.182. The second-order valence-corrected chi connectivity index (χ2v) is 3.39. The van der Waals surface area contributed by atoms with Crippen LogP contribution in [-0.4, -0.2) is 9.97 Å². The highest BCUT2D eigenvalue weighted by atomic mass is 19.1. The van der Waals surface area contributed by atoms with E-state index in [1.807, 2.05) is 6.92 Å². The minimum atomic E-state index is -0.269. The third-order valence-corrected chi connectivity index (χ3v) is 2.37. The van der Waals surface area contributed by atoms with Gasteiger partial charge in [-0.2, -0.15) is 0 Å². The maximum Gasteiger partial charge on any atom is 0.127 e. The molecule has 0 fully saturated rings. The number of H-pyrrole nitrogens is 1. The topological polar surface area (TPSA) is 54.7 Å². The Bertz CT molecular complexity index is 476. The molecule has 0 unspecified atom stereocenters. The van der Waals surface area contributed by atoms with Crippen LogP contribution in [0.2, 0.25) is 0 Å². The van der Waals surface area contributed by atoms with E-state index in [2.05, 4.69) is 9.97 Å². The summed E-state index contributed by atoms with van der Waals surface area (Å²) >= 11 is 0. The molecule has 3 N–H and O–H groups in total. The minimum absolute atomic E-state index is 0.198. The normalized spacial score (nSPS) is 10.6. The first-order chi connectivity index (χ1) is 7.22. The summed E-state index contributed by atoms with van der Waals surface area (Å²) in [5, 5.41) is 0. The van der Waals surface area contributed by atoms with E-state index in [0.717, 1.165) is 17.0 Å². The standard InChI is InChI=1S/C11H12FN3/c1-7-11(15-6-14-7)8-2-3-10(12)9(4-8)5-13/h2-4,6H,5,13H2,1H3,(H,14,15). The van der Waals surface area contributed by atoms with Crippen molar-refractivity contribution in [3.05, 3.63) is 41.6 Å². The Morgan fingerprint density at radius 3 is 2.87 bits per heavy atom. The fourth-order valence-electron chi connectivity index (χ4n) is 1.53. The molecule has 2 aromatic rings. The van der Waals surface area contributed by atoms with Crippen LogP contribution in [0.1, 0.15) is 11.3 Å². The number of benzene rings is 1. The number of aromatic amines is 1. The van der Waals surface area contributed by atoms with Gasteiger partial charge in [-0.05, 0) is 25.1 Å². The van der Waals surface area contributed by atoms with Crippen molar-refractivity contribution in [2.24, 2.45) is 5.73 Å². The highest BCUT2D eigenvalue weighted by molar-refractivity contribution is 5.62. The van der Waals surface area contributed by atoms with Crippen LogP contribution in [0.4, 0.5) is 4.39 Å². The summed E-state index contributed by atoms with van der Waals surface area (Å²) in [6, 6.07) is 4.86. The van der Waals surface area contributed by atoms with Crippen molar-refractivity contribution in [1.82, 2.24) is 9.97 Å². The molecule has 15 heavy (non-hydrogen) atoms. The lowest BCUT2D eigenvalue weighted by Gasteiger charge is -2.03. The van der Waals surface area contributed by atoms with Crippen molar-refractivity contribution in [3.8, 4) is 11.3 Å². The molecule has 0 spiro atoms. The van der Waals surface area contributed by atoms with E-state index in [1.54, 1.807) is 18.5 Å². The zero-order chi connectivity index (χ0) is 10.8. The quantitative estimate of drug-likeness (QED) is 0.787. The summed E-state index contributed by atoms with van der Waals surface area (Å²) in [7, 11) is 0. The number of hydrogen-bond donors (Lipinski definition) is 2. The Morgan fingerprint density at radius 1 is 1.47 bits per heavy atom. The second kappa shape index (κ2) is 3.82. The average molecular weight is 205 g/mol. The minimum Gasteiger partial charge on any atom is -0.348 e. The molecule has 0 aliphatic carbocycles. The third kappa shape index (κ3) is 1.76. The monoisotopic (exact) mass is 205 g/mol. The van der Waals surface area contributed by atoms with Gasteiger partial charge in [-0.3, -0.25) is 0 Å². The Kier molecular flexibility index (Phi) is 2.51. The van der Waals surface area contributed by atoms with Crippen molar-refractivity contribution < 1.29 is 4.39 Å². The highest BCUT2D eigenvalue weighted by Gasteiger charge is 2.07. The molecular weight excluding hydrogens is 193 g/mol. The van der Waals surface area contributed by atoms with Gasteiger partial charge in [-0.25, -0.2) is 9.37 Å². The first kappa shape index (κ1) is 9.86. The van der Waals surface area contributed by atoms with Crippen molar-refractivity contribution in [2.75, 3.05) is 0 Å². The van der Waals surface area contributed by atoms with Crippen LogP contribution in [0, 0.1) is 12.7 Å². The summed E-state index contributed by atoms with van der Waals surface area (Å²) in [5.41, 5.74) is 8.64. The molecule has 2 rings (SSSR count). The van der Waals surface area contributed by atoms with E-state index < -0.39 is 0 Å². The summed E-state index contributed by atoms with van der Waals surface area (Å²) in [6.07, 6.45) is 1.62. The molecule has 0 bridgehead atoms. The van der Waals surface area contributed by atoms with Crippen molar-refractivity contribution in [3.63, 3.8) is 0 Å². The van der Waals surface area contributed by atoms with Gasteiger partial charge in [0.1, 0.15) is 5.82 Å². The zero-order valence-electron chi connectivity index (χ0n) is 8.42. The number of imidazole rings is 1. The Labute approximate surface area is 87.2 Å².